The highest BCUT2D eigenvalue weighted by atomic mass is 19.1. The Morgan fingerprint density at radius 1 is 1.43 bits per heavy atom. The van der Waals surface area contributed by atoms with Crippen molar-refractivity contribution in [1.82, 2.24) is 9.80 Å². The number of hydrogen-bond acceptors (Lipinski definition) is 3. The van der Waals surface area contributed by atoms with E-state index >= 15 is 0 Å². The first kappa shape index (κ1) is 17.9. The number of aliphatic hydroxyl groups excluding tert-OH is 1. The second-order valence-electron chi connectivity index (χ2n) is 6.54. The van der Waals surface area contributed by atoms with Gasteiger partial charge in [0.2, 0.25) is 5.91 Å². The Hall–Kier alpha value is -1.46. The molecule has 0 spiro atoms. The first-order chi connectivity index (χ1) is 11.0. The second-order valence-corrected chi connectivity index (χ2v) is 6.54. The van der Waals surface area contributed by atoms with Gasteiger partial charge in [-0.2, -0.15) is 0 Å². The summed E-state index contributed by atoms with van der Waals surface area (Å²) in [6, 6.07) is 6.93. The van der Waals surface area contributed by atoms with Gasteiger partial charge < -0.3 is 10.0 Å². The zero-order chi connectivity index (χ0) is 16.8. The fraction of sp³-hybridized carbons (Fsp3) is 0.611. The Morgan fingerprint density at radius 2 is 2.13 bits per heavy atom. The zero-order valence-corrected chi connectivity index (χ0v) is 14.0. The Bertz CT molecular complexity index is 515. The van der Waals surface area contributed by atoms with E-state index in [-0.39, 0.29) is 23.9 Å². The van der Waals surface area contributed by atoms with Crippen LogP contribution in [0.25, 0.3) is 0 Å². The summed E-state index contributed by atoms with van der Waals surface area (Å²) in [5.74, 6) is -0.0806. The third-order valence-electron chi connectivity index (χ3n) is 4.69. The van der Waals surface area contributed by atoms with Crippen LogP contribution in [-0.4, -0.2) is 59.6 Å². The summed E-state index contributed by atoms with van der Waals surface area (Å²) in [7, 11) is 1.95. The number of likely N-dealkylation sites (N-methyl/N-ethyl adjacent to an activating group) is 1. The molecule has 1 aliphatic heterocycles. The van der Waals surface area contributed by atoms with Crippen molar-refractivity contribution in [3.63, 3.8) is 0 Å². The predicted octanol–water partition coefficient (Wildman–Crippen LogP) is 2.06. The van der Waals surface area contributed by atoms with Crippen LogP contribution in [0.1, 0.15) is 31.7 Å². The number of nitrogens with zero attached hydrogens (tertiary/aromatic N) is 2. The predicted molar refractivity (Wildman–Crippen MR) is 88.6 cm³/mol. The molecule has 5 heteroatoms. The molecule has 0 aromatic heterocycles. The minimum Gasteiger partial charge on any atom is -0.393 e. The van der Waals surface area contributed by atoms with Gasteiger partial charge in [0.05, 0.1) is 12.6 Å². The van der Waals surface area contributed by atoms with Gasteiger partial charge in [-0.05, 0) is 57.4 Å². The van der Waals surface area contributed by atoms with Crippen LogP contribution in [0.3, 0.4) is 0 Å². The SMILES string of the molecule is C[C@@H](CCc1cccc(F)c1)N(C)CC(=O)N1CCC(O)CC1. The summed E-state index contributed by atoms with van der Waals surface area (Å²) in [6.45, 7) is 3.77. The number of benzene rings is 1. The maximum atomic E-state index is 13.2. The van der Waals surface area contributed by atoms with E-state index in [9.17, 15) is 14.3 Å². The van der Waals surface area contributed by atoms with Crippen molar-refractivity contribution in [2.75, 3.05) is 26.7 Å². The lowest BCUT2D eigenvalue weighted by atomic mass is 10.1. The maximum absolute atomic E-state index is 13.2. The summed E-state index contributed by atoms with van der Waals surface area (Å²) in [5.41, 5.74) is 0.988. The molecule has 4 nitrogen and oxygen atoms in total. The van der Waals surface area contributed by atoms with Crippen molar-refractivity contribution in [1.29, 1.82) is 0 Å². The number of piperidine rings is 1. The quantitative estimate of drug-likeness (QED) is 0.872. The van der Waals surface area contributed by atoms with E-state index in [2.05, 4.69) is 6.92 Å². The van der Waals surface area contributed by atoms with Crippen molar-refractivity contribution in [2.45, 2.75) is 44.8 Å². The van der Waals surface area contributed by atoms with E-state index in [1.54, 1.807) is 12.1 Å². The van der Waals surface area contributed by atoms with Gasteiger partial charge in [0.25, 0.3) is 0 Å². The second kappa shape index (κ2) is 8.41. The lowest BCUT2D eigenvalue weighted by molar-refractivity contribution is -0.134. The minimum atomic E-state index is -0.262. The lowest BCUT2D eigenvalue weighted by Gasteiger charge is -2.32. The van der Waals surface area contributed by atoms with Crippen molar-refractivity contribution in [2.24, 2.45) is 0 Å². The monoisotopic (exact) mass is 322 g/mol. The molecular formula is C18H27FN2O2. The summed E-state index contributed by atoms with van der Waals surface area (Å²) in [5, 5.41) is 9.50. The lowest BCUT2D eigenvalue weighted by Crippen LogP contribution is -2.46. The molecule has 0 saturated carbocycles. The highest BCUT2D eigenvalue weighted by molar-refractivity contribution is 5.78. The van der Waals surface area contributed by atoms with E-state index in [0.29, 0.717) is 32.5 Å². The van der Waals surface area contributed by atoms with E-state index in [1.807, 2.05) is 22.9 Å². The van der Waals surface area contributed by atoms with Gasteiger partial charge in [-0.3, -0.25) is 9.69 Å². The van der Waals surface area contributed by atoms with Crippen molar-refractivity contribution in [3.8, 4) is 0 Å². The van der Waals surface area contributed by atoms with Crippen LogP contribution in [0.5, 0.6) is 0 Å². The maximum Gasteiger partial charge on any atom is 0.236 e. The normalized spacial score (nSPS) is 17.5. The van der Waals surface area contributed by atoms with Crippen LogP contribution >= 0.6 is 0 Å². The molecule has 2 rings (SSSR count). The number of carbonyl (C=O) groups excluding carboxylic acids is 1. The van der Waals surface area contributed by atoms with Crippen LogP contribution in [0.15, 0.2) is 24.3 Å². The standard InChI is InChI=1S/C18H27FN2O2/c1-14(6-7-15-4-3-5-16(19)12-15)20(2)13-18(23)21-10-8-17(22)9-11-21/h3-5,12,14,17,22H,6-11,13H2,1-2H3/t14-/m0/s1. The number of amides is 1. The molecule has 23 heavy (non-hydrogen) atoms. The van der Waals surface area contributed by atoms with E-state index in [1.165, 1.54) is 6.07 Å². The average Bonchev–Trinajstić information content (AvgIpc) is 2.53. The van der Waals surface area contributed by atoms with E-state index in [0.717, 1.165) is 18.4 Å². The average molecular weight is 322 g/mol. The number of carbonyl (C=O) groups is 1. The largest absolute Gasteiger partial charge is 0.393 e. The molecule has 1 amide bonds. The molecule has 1 heterocycles. The van der Waals surface area contributed by atoms with Gasteiger partial charge in [0.1, 0.15) is 5.82 Å². The van der Waals surface area contributed by atoms with E-state index < -0.39 is 0 Å². The molecule has 1 saturated heterocycles. The number of hydrogen-bond donors (Lipinski definition) is 1. The fourth-order valence-corrected chi connectivity index (χ4v) is 2.87. The molecule has 0 bridgehead atoms. The van der Waals surface area contributed by atoms with Crippen LogP contribution in [-0.2, 0) is 11.2 Å². The number of likely N-dealkylation sites (tertiary alicyclic amines) is 1. The van der Waals surface area contributed by atoms with Gasteiger partial charge in [-0.25, -0.2) is 4.39 Å². The molecule has 0 aliphatic carbocycles. The number of rotatable bonds is 6. The molecule has 1 fully saturated rings. The Balaban J connectivity index is 1.75. The first-order valence-electron chi connectivity index (χ1n) is 8.36. The highest BCUT2D eigenvalue weighted by Crippen LogP contribution is 2.13. The Morgan fingerprint density at radius 3 is 2.78 bits per heavy atom. The molecule has 1 aliphatic rings. The van der Waals surface area contributed by atoms with Gasteiger partial charge >= 0.3 is 0 Å². The molecule has 1 aromatic rings. The van der Waals surface area contributed by atoms with Gasteiger partial charge in [0, 0.05) is 19.1 Å². The minimum absolute atomic E-state index is 0.122. The molecule has 1 aromatic carbocycles. The van der Waals surface area contributed by atoms with Gasteiger partial charge in [-0.15, -0.1) is 0 Å². The van der Waals surface area contributed by atoms with Crippen LogP contribution in [0.4, 0.5) is 4.39 Å². The highest BCUT2D eigenvalue weighted by Gasteiger charge is 2.23. The van der Waals surface area contributed by atoms with Crippen LogP contribution in [0.2, 0.25) is 0 Å². The summed E-state index contributed by atoms with van der Waals surface area (Å²) < 4.78 is 13.2. The third-order valence-corrected chi connectivity index (χ3v) is 4.69. The summed E-state index contributed by atoms with van der Waals surface area (Å²) in [6.07, 6.45) is 2.76. The summed E-state index contributed by atoms with van der Waals surface area (Å²) in [4.78, 5) is 16.2. The molecule has 1 N–H and O–H groups in total. The van der Waals surface area contributed by atoms with Gasteiger partial charge in [-0.1, -0.05) is 12.1 Å². The van der Waals surface area contributed by atoms with Crippen molar-refractivity contribution >= 4 is 5.91 Å². The summed E-state index contributed by atoms with van der Waals surface area (Å²) >= 11 is 0. The Kier molecular flexibility index (Phi) is 6.54. The molecule has 0 radical (unpaired) electrons. The first-order valence-corrected chi connectivity index (χ1v) is 8.36. The number of aryl methyl sites for hydroxylation is 1. The molecule has 1 atom stereocenters. The van der Waals surface area contributed by atoms with Crippen molar-refractivity contribution in [3.05, 3.63) is 35.6 Å². The van der Waals surface area contributed by atoms with Crippen LogP contribution < -0.4 is 0 Å². The van der Waals surface area contributed by atoms with E-state index in [4.69, 9.17) is 0 Å². The zero-order valence-electron chi connectivity index (χ0n) is 14.0. The van der Waals surface area contributed by atoms with Crippen molar-refractivity contribution < 1.29 is 14.3 Å². The number of aliphatic hydroxyl groups is 1. The number of halogens is 1. The van der Waals surface area contributed by atoms with Gasteiger partial charge in [0.15, 0.2) is 0 Å². The molecule has 0 unspecified atom stereocenters. The smallest absolute Gasteiger partial charge is 0.236 e. The topological polar surface area (TPSA) is 43.8 Å². The van der Waals surface area contributed by atoms with Crippen LogP contribution in [0, 0.1) is 5.82 Å². The molecule has 128 valence electrons. The molecular weight excluding hydrogens is 295 g/mol. The fourth-order valence-electron chi connectivity index (χ4n) is 2.87. The Labute approximate surface area is 137 Å². The third kappa shape index (κ3) is 5.59.